The minimum Gasteiger partial charge on any atom is -0.382 e. The molecule has 0 bridgehead atoms. The predicted molar refractivity (Wildman–Crippen MR) is 107 cm³/mol. The summed E-state index contributed by atoms with van der Waals surface area (Å²) in [5.41, 5.74) is 1.39. The number of aromatic nitrogens is 3. The van der Waals surface area contributed by atoms with Crippen molar-refractivity contribution in [2.45, 2.75) is 19.1 Å². The van der Waals surface area contributed by atoms with Crippen molar-refractivity contribution in [3.8, 4) is 0 Å². The van der Waals surface area contributed by atoms with Crippen molar-refractivity contribution in [3.63, 3.8) is 0 Å². The molecule has 1 atom stereocenters. The van der Waals surface area contributed by atoms with Gasteiger partial charge in [0.15, 0.2) is 0 Å². The highest BCUT2D eigenvalue weighted by Crippen LogP contribution is 2.25. The van der Waals surface area contributed by atoms with Crippen molar-refractivity contribution < 1.29 is 14.0 Å². The van der Waals surface area contributed by atoms with E-state index in [0.717, 1.165) is 5.56 Å². The van der Waals surface area contributed by atoms with Crippen molar-refractivity contribution >= 4 is 40.8 Å². The van der Waals surface area contributed by atoms with Crippen LogP contribution in [-0.2, 0) is 16.2 Å². The van der Waals surface area contributed by atoms with Crippen LogP contribution < -0.4 is 5.32 Å². The van der Waals surface area contributed by atoms with Crippen LogP contribution in [0.2, 0.25) is 10.0 Å². The topological polar surface area (TPSA) is 81.4 Å². The third-order valence-corrected chi connectivity index (χ3v) is 4.81. The summed E-state index contributed by atoms with van der Waals surface area (Å²) < 4.78 is 15.6. The molecular weight excluding hydrogens is 420 g/mol. The first-order valence-electron chi connectivity index (χ1n) is 8.61. The van der Waals surface area contributed by atoms with Gasteiger partial charge in [-0.1, -0.05) is 46.6 Å². The van der Waals surface area contributed by atoms with E-state index >= 15 is 0 Å². The van der Waals surface area contributed by atoms with E-state index in [-0.39, 0.29) is 28.7 Å². The van der Waals surface area contributed by atoms with Crippen LogP contribution in [0, 0.1) is 5.82 Å². The molecule has 0 radical (unpaired) electrons. The number of benzene rings is 2. The Morgan fingerprint density at radius 3 is 2.79 bits per heavy atom. The molecule has 1 aromatic heterocycles. The first-order valence-corrected chi connectivity index (χ1v) is 9.37. The number of carbonyl (C=O) groups is 1. The first-order chi connectivity index (χ1) is 14.0. The molecule has 1 aliphatic heterocycles. The summed E-state index contributed by atoms with van der Waals surface area (Å²) in [6.07, 6.45) is 0.655. The van der Waals surface area contributed by atoms with Crippen LogP contribution in [-0.4, -0.2) is 32.5 Å². The molecule has 4 rings (SSSR count). The monoisotopic (exact) mass is 433 g/mol. The molecule has 3 aromatic rings. The Bertz CT molecular complexity index is 1060. The van der Waals surface area contributed by atoms with Crippen LogP contribution in [0.25, 0.3) is 0 Å². The predicted octanol–water partition coefficient (Wildman–Crippen LogP) is 3.90. The zero-order chi connectivity index (χ0) is 20.4. The van der Waals surface area contributed by atoms with Gasteiger partial charge in [-0.05, 0) is 29.8 Å². The lowest BCUT2D eigenvalue weighted by Gasteiger charge is -2.07. The van der Waals surface area contributed by atoms with Gasteiger partial charge in [0.1, 0.15) is 12.1 Å². The molecule has 2 heterocycles. The van der Waals surface area contributed by atoms with Crippen molar-refractivity contribution in [1.82, 2.24) is 14.8 Å². The molecule has 29 heavy (non-hydrogen) atoms. The quantitative estimate of drug-likeness (QED) is 0.661. The molecule has 10 heteroatoms. The molecule has 0 saturated heterocycles. The number of rotatable bonds is 5. The third kappa shape index (κ3) is 4.38. The zero-order valence-corrected chi connectivity index (χ0v) is 16.4. The number of nitrogens with zero attached hydrogens (tertiary/aromatic N) is 4. The van der Waals surface area contributed by atoms with Gasteiger partial charge >= 0.3 is 0 Å². The molecule has 0 saturated carbocycles. The molecular formula is C19H14Cl2FN5O2. The van der Waals surface area contributed by atoms with Crippen LogP contribution in [0.5, 0.6) is 0 Å². The smallest absolute Gasteiger partial charge is 0.271 e. The molecule has 0 aliphatic carbocycles. The normalized spacial score (nSPS) is 15.7. The number of oxime groups is 1. The van der Waals surface area contributed by atoms with Gasteiger partial charge in [0.2, 0.25) is 12.1 Å². The maximum absolute atomic E-state index is 14.0. The van der Waals surface area contributed by atoms with Gasteiger partial charge in [0.05, 0.1) is 22.8 Å². The van der Waals surface area contributed by atoms with Crippen molar-refractivity contribution in [1.29, 1.82) is 0 Å². The molecule has 1 amide bonds. The Morgan fingerprint density at radius 1 is 1.24 bits per heavy atom. The van der Waals surface area contributed by atoms with Gasteiger partial charge in [-0.25, -0.2) is 14.1 Å². The summed E-state index contributed by atoms with van der Waals surface area (Å²) in [6.45, 7) is 0.471. The molecule has 2 aromatic carbocycles. The highest BCUT2D eigenvalue weighted by molar-refractivity contribution is 6.34. The summed E-state index contributed by atoms with van der Waals surface area (Å²) in [4.78, 5) is 21.6. The Kier molecular flexibility index (Phi) is 5.46. The van der Waals surface area contributed by atoms with Crippen LogP contribution in [0.15, 0.2) is 53.9 Å². The number of hydrogen-bond acceptors (Lipinski definition) is 5. The molecule has 0 fully saturated rings. The fourth-order valence-electron chi connectivity index (χ4n) is 2.83. The van der Waals surface area contributed by atoms with Crippen LogP contribution >= 0.6 is 23.2 Å². The SMILES string of the molecule is O=C(Nc1ncn(Cc2ccc(Cl)cc2)n1)C1CC(c2c(F)cccc2Cl)=NO1. The van der Waals surface area contributed by atoms with Crippen LogP contribution in [0.4, 0.5) is 10.3 Å². The van der Waals surface area contributed by atoms with E-state index in [4.69, 9.17) is 28.0 Å². The van der Waals surface area contributed by atoms with E-state index in [1.165, 1.54) is 18.5 Å². The number of carbonyl (C=O) groups excluding carboxylic acids is 1. The van der Waals surface area contributed by atoms with Crippen molar-refractivity contribution in [2.24, 2.45) is 5.16 Å². The van der Waals surface area contributed by atoms with Gasteiger partial charge in [-0.3, -0.25) is 10.1 Å². The highest BCUT2D eigenvalue weighted by Gasteiger charge is 2.31. The Hall–Kier alpha value is -2.97. The molecule has 1 unspecified atom stereocenters. The van der Waals surface area contributed by atoms with Crippen LogP contribution in [0.3, 0.4) is 0 Å². The Labute approximate surface area is 175 Å². The Morgan fingerprint density at radius 2 is 2.03 bits per heavy atom. The Balaban J connectivity index is 1.37. The lowest BCUT2D eigenvalue weighted by Crippen LogP contribution is -2.28. The minimum absolute atomic E-state index is 0.0813. The molecule has 0 spiro atoms. The molecule has 7 nitrogen and oxygen atoms in total. The van der Waals surface area contributed by atoms with Crippen molar-refractivity contribution in [2.75, 3.05) is 5.32 Å². The van der Waals surface area contributed by atoms with E-state index in [1.54, 1.807) is 22.9 Å². The number of nitrogens with one attached hydrogen (secondary N) is 1. The summed E-state index contributed by atoms with van der Waals surface area (Å²) >= 11 is 11.9. The largest absolute Gasteiger partial charge is 0.382 e. The highest BCUT2D eigenvalue weighted by atomic mass is 35.5. The lowest BCUT2D eigenvalue weighted by atomic mass is 10.0. The van der Waals surface area contributed by atoms with Crippen molar-refractivity contribution in [3.05, 3.63) is 75.8 Å². The van der Waals surface area contributed by atoms with E-state index in [1.807, 2.05) is 12.1 Å². The molecule has 1 aliphatic rings. The van der Waals surface area contributed by atoms with Gasteiger partial charge < -0.3 is 4.84 Å². The average Bonchev–Trinajstić information content (AvgIpc) is 3.33. The van der Waals surface area contributed by atoms with E-state index in [2.05, 4.69) is 20.6 Å². The van der Waals surface area contributed by atoms with E-state index in [9.17, 15) is 9.18 Å². The second kappa shape index (κ2) is 8.18. The van der Waals surface area contributed by atoms with E-state index in [0.29, 0.717) is 11.6 Å². The second-order valence-corrected chi connectivity index (χ2v) is 7.16. The fourth-order valence-corrected chi connectivity index (χ4v) is 3.23. The number of halogens is 3. The number of anilines is 1. The van der Waals surface area contributed by atoms with Gasteiger partial charge in [0, 0.05) is 11.4 Å². The lowest BCUT2D eigenvalue weighted by molar-refractivity contribution is -0.125. The zero-order valence-electron chi connectivity index (χ0n) is 14.8. The van der Waals surface area contributed by atoms with Gasteiger partial charge in [-0.15, -0.1) is 5.10 Å². The molecule has 1 N–H and O–H groups in total. The van der Waals surface area contributed by atoms with Gasteiger partial charge in [0.25, 0.3) is 5.91 Å². The maximum atomic E-state index is 14.0. The first kappa shape index (κ1) is 19.4. The number of hydrogen-bond donors (Lipinski definition) is 1. The van der Waals surface area contributed by atoms with Gasteiger partial charge in [-0.2, -0.15) is 0 Å². The summed E-state index contributed by atoms with van der Waals surface area (Å²) in [7, 11) is 0. The maximum Gasteiger partial charge on any atom is 0.271 e. The third-order valence-electron chi connectivity index (χ3n) is 4.24. The summed E-state index contributed by atoms with van der Waals surface area (Å²) in [5, 5.41) is 11.5. The second-order valence-electron chi connectivity index (χ2n) is 6.31. The standard InChI is InChI=1S/C19H14Cl2FN5O2/c20-12-6-4-11(5-7-12)9-27-10-23-19(25-27)24-18(28)16-8-15(26-29-16)17-13(21)2-1-3-14(17)22/h1-7,10,16H,8-9H2,(H,24,25,28). The summed E-state index contributed by atoms with van der Waals surface area (Å²) in [5.74, 6) is -0.881. The van der Waals surface area contributed by atoms with Crippen LogP contribution in [0.1, 0.15) is 17.5 Å². The average molecular weight is 434 g/mol. The number of amides is 1. The fraction of sp³-hybridized carbons (Fsp3) is 0.158. The molecule has 148 valence electrons. The minimum atomic E-state index is -0.927. The van der Waals surface area contributed by atoms with E-state index < -0.39 is 17.8 Å². The summed E-state index contributed by atoms with van der Waals surface area (Å²) in [6, 6.07) is 11.6.